The van der Waals surface area contributed by atoms with E-state index in [1.54, 1.807) is 7.05 Å². The maximum atomic E-state index is 11.5. The van der Waals surface area contributed by atoms with E-state index in [0.717, 1.165) is 12.5 Å². The zero-order valence-corrected chi connectivity index (χ0v) is 17.2. The number of nitrogens with one attached hydrogen (secondary N) is 3. The summed E-state index contributed by atoms with van der Waals surface area (Å²) in [4.78, 5) is 28.4. The average molecular weight is 451 g/mol. The lowest BCUT2D eigenvalue weighted by Gasteiger charge is -2.43. The van der Waals surface area contributed by atoms with Gasteiger partial charge in [-0.1, -0.05) is 20.3 Å². The Morgan fingerprint density at radius 3 is 2.50 bits per heavy atom. The average Bonchev–Trinajstić information content (AvgIpc) is 2.78. The molecule has 0 aromatic heterocycles. The number of imide groups is 1. The summed E-state index contributed by atoms with van der Waals surface area (Å²) < 4.78 is 0. The summed E-state index contributed by atoms with van der Waals surface area (Å²) >= 11 is 0. The number of hydrogen-bond donors (Lipinski definition) is 3. The zero-order chi connectivity index (χ0) is 16.9. The molecule has 2 aliphatic rings. The number of carbonyl (C=O) groups is 2. The summed E-state index contributed by atoms with van der Waals surface area (Å²) in [5, 5.41) is 9.09. The van der Waals surface area contributed by atoms with Crippen LogP contribution in [0.25, 0.3) is 0 Å². The van der Waals surface area contributed by atoms with Crippen LogP contribution in [0.3, 0.4) is 0 Å². The van der Waals surface area contributed by atoms with E-state index in [9.17, 15) is 9.59 Å². The lowest BCUT2D eigenvalue weighted by atomic mass is 9.64. The molecule has 3 amide bonds. The molecule has 0 aromatic rings. The van der Waals surface area contributed by atoms with Gasteiger partial charge in [0.15, 0.2) is 5.96 Å². The number of aliphatic imine (C=N–C) groups is 1. The Morgan fingerprint density at radius 2 is 2.04 bits per heavy atom. The summed E-state index contributed by atoms with van der Waals surface area (Å²) in [6, 6.07) is -0.315. The highest BCUT2D eigenvalue weighted by Gasteiger charge is 2.37. The second-order valence-corrected chi connectivity index (χ2v) is 7.01. The van der Waals surface area contributed by atoms with Crippen molar-refractivity contribution in [3.63, 3.8) is 0 Å². The first kappa shape index (κ1) is 21.0. The van der Waals surface area contributed by atoms with E-state index in [4.69, 9.17) is 0 Å². The molecule has 0 atom stereocenters. The highest BCUT2D eigenvalue weighted by molar-refractivity contribution is 14.0. The molecule has 0 aromatic carbocycles. The molecule has 24 heavy (non-hydrogen) atoms. The largest absolute Gasteiger partial charge is 0.356 e. The summed E-state index contributed by atoms with van der Waals surface area (Å²) in [5.74, 6) is 1.25. The molecule has 138 valence electrons. The standard InChI is InChI=1S/C16H29N5O2.HI/c1-12(2)9-16(5-4-6-16)11-20-14(17-3)18-7-8-21-13(22)10-19-15(21)23;/h12H,4-11H2,1-3H3,(H,19,23)(H2,17,18,20);1H. The fourth-order valence-corrected chi connectivity index (χ4v) is 3.46. The molecule has 1 heterocycles. The number of carbonyl (C=O) groups excluding carboxylic acids is 2. The van der Waals surface area contributed by atoms with E-state index >= 15 is 0 Å². The number of rotatable bonds is 7. The van der Waals surface area contributed by atoms with Crippen molar-refractivity contribution in [1.29, 1.82) is 0 Å². The molecule has 8 heteroatoms. The van der Waals surface area contributed by atoms with E-state index in [2.05, 4.69) is 34.8 Å². The van der Waals surface area contributed by atoms with Gasteiger partial charge in [-0.15, -0.1) is 24.0 Å². The maximum Gasteiger partial charge on any atom is 0.324 e. The third-order valence-electron chi connectivity index (χ3n) is 4.67. The molecule has 0 unspecified atom stereocenters. The van der Waals surface area contributed by atoms with E-state index in [0.29, 0.717) is 24.4 Å². The Balaban J connectivity index is 0.00000288. The van der Waals surface area contributed by atoms with Crippen LogP contribution in [0.4, 0.5) is 4.79 Å². The first-order valence-electron chi connectivity index (χ1n) is 8.48. The van der Waals surface area contributed by atoms with Crippen molar-refractivity contribution < 1.29 is 9.59 Å². The first-order chi connectivity index (χ1) is 11.0. The highest BCUT2D eigenvalue weighted by Crippen LogP contribution is 2.45. The topological polar surface area (TPSA) is 85.8 Å². The predicted octanol–water partition coefficient (Wildman–Crippen LogP) is 1.54. The third-order valence-corrected chi connectivity index (χ3v) is 4.67. The molecule has 2 rings (SSSR count). The van der Waals surface area contributed by atoms with Crippen molar-refractivity contribution in [3.8, 4) is 0 Å². The van der Waals surface area contributed by atoms with E-state index in [-0.39, 0.29) is 42.5 Å². The van der Waals surface area contributed by atoms with E-state index < -0.39 is 0 Å². The molecular weight excluding hydrogens is 421 g/mol. The Morgan fingerprint density at radius 1 is 1.33 bits per heavy atom. The molecule has 3 N–H and O–H groups in total. The van der Waals surface area contributed by atoms with Gasteiger partial charge in [0.05, 0.1) is 6.54 Å². The van der Waals surface area contributed by atoms with E-state index in [1.807, 2.05) is 0 Å². The number of urea groups is 1. The van der Waals surface area contributed by atoms with Crippen LogP contribution in [-0.2, 0) is 4.79 Å². The Labute approximate surface area is 161 Å². The molecule has 1 saturated heterocycles. The minimum atomic E-state index is -0.315. The number of guanidine groups is 1. The Hall–Kier alpha value is -1.06. The van der Waals surface area contributed by atoms with Crippen LogP contribution in [0, 0.1) is 11.3 Å². The van der Waals surface area contributed by atoms with Gasteiger partial charge >= 0.3 is 6.03 Å². The smallest absolute Gasteiger partial charge is 0.324 e. The van der Waals surface area contributed by atoms with Gasteiger partial charge in [0, 0.05) is 26.7 Å². The fraction of sp³-hybridized carbons (Fsp3) is 0.812. The summed E-state index contributed by atoms with van der Waals surface area (Å²) in [5.41, 5.74) is 0.399. The molecule has 1 aliphatic heterocycles. The summed E-state index contributed by atoms with van der Waals surface area (Å²) in [6.07, 6.45) is 5.10. The van der Waals surface area contributed by atoms with Crippen LogP contribution in [0.2, 0.25) is 0 Å². The van der Waals surface area contributed by atoms with Crippen molar-refractivity contribution in [2.45, 2.75) is 39.5 Å². The minimum Gasteiger partial charge on any atom is -0.356 e. The number of amides is 3. The van der Waals surface area contributed by atoms with Crippen LogP contribution >= 0.6 is 24.0 Å². The van der Waals surface area contributed by atoms with Crippen molar-refractivity contribution in [2.75, 3.05) is 33.2 Å². The van der Waals surface area contributed by atoms with Crippen molar-refractivity contribution in [1.82, 2.24) is 20.9 Å². The van der Waals surface area contributed by atoms with Crippen LogP contribution in [0.1, 0.15) is 39.5 Å². The second-order valence-electron chi connectivity index (χ2n) is 7.01. The third kappa shape index (κ3) is 5.49. The predicted molar refractivity (Wildman–Crippen MR) is 106 cm³/mol. The van der Waals surface area contributed by atoms with E-state index in [1.165, 1.54) is 30.6 Å². The van der Waals surface area contributed by atoms with Crippen LogP contribution in [0.5, 0.6) is 0 Å². The molecular formula is C16H30IN5O2. The fourth-order valence-electron chi connectivity index (χ4n) is 3.46. The van der Waals surface area contributed by atoms with Gasteiger partial charge < -0.3 is 16.0 Å². The van der Waals surface area contributed by atoms with Gasteiger partial charge in [0.1, 0.15) is 0 Å². The molecule has 1 saturated carbocycles. The lowest BCUT2D eigenvalue weighted by Crippen LogP contribution is -2.48. The lowest BCUT2D eigenvalue weighted by molar-refractivity contribution is -0.124. The highest BCUT2D eigenvalue weighted by atomic mass is 127. The number of hydrogen-bond acceptors (Lipinski definition) is 3. The Bertz CT molecular complexity index is 461. The summed E-state index contributed by atoms with van der Waals surface area (Å²) in [7, 11) is 1.74. The van der Waals surface area contributed by atoms with Gasteiger partial charge in [0.25, 0.3) is 0 Å². The summed E-state index contributed by atoms with van der Waals surface area (Å²) in [6.45, 7) is 6.41. The van der Waals surface area contributed by atoms with Crippen LogP contribution in [-0.4, -0.2) is 56.0 Å². The molecule has 0 spiro atoms. The minimum absolute atomic E-state index is 0. The van der Waals surface area contributed by atoms with Gasteiger partial charge in [-0.3, -0.25) is 14.7 Å². The van der Waals surface area contributed by atoms with Crippen molar-refractivity contribution >= 4 is 41.9 Å². The molecule has 0 bridgehead atoms. The van der Waals surface area contributed by atoms with Gasteiger partial charge in [-0.05, 0) is 30.6 Å². The normalized spacial score (nSPS) is 19.7. The quantitative estimate of drug-likeness (QED) is 0.237. The SMILES string of the molecule is CN=C(NCCN1C(=O)CNC1=O)NCC1(CC(C)C)CCC1.I. The van der Waals surface area contributed by atoms with Crippen molar-refractivity contribution in [3.05, 3.63) is 0 Å². The van der Waals surface area contributed by atoms with Crippen molar-refractivity contribution in [2.24, 2.45) is 16.3 Å². The number of halogens is 1. The monoisotopic (exact) mass is 451 g/mol. The van der Waals surface area contributed by atoms with Crippen LogP contribution in [0.15, 0.2) is 4.99 Å². The number of nitrogens with zero attached hydrogens (tertiary/aromatic N) is 2. The molecule has 0 radical (unpaired) electrons. The zero-order valence-electron chi connectivity index (χ0n) is 14.9. The van der Waals surface area contributed by atoms with Gasteiger partial charge in [-0.2, -0.15) is 0 Å². The van der Waals surface area contributed by atoms with Gasteiger partial charge in [-0.25, -0.2) is 4.79 Å². The molecule has 1 aliphatic carbocycles. The molecule has 7 nitrogen and oxygen atoms in total. The van der Waals surface area contributed by atoms with Crippen LogP contribution < -0.4 is 16.0 Å². The molecule has 2 fully saturated rings. The van der Waals surface area contributed by atoms with Gasteiger partial charge in [0.2, 0.25) is 5.91 Å². The Kier molecular flexibility index (Phi) is 8.24. The first-order valence-corrected chi connectivity index (χ1v) is 8.48. The second kappa shape index (κ2) is 9.43. The maximum absolute atomic E-state index is 11.5.